The van der Waals surface area contributed by atoms with Crippen LogP contribution in [-0.4, -0.2) is 12.5 Å². The minimum absolute atomic E-state index is 0.0711. The Hall–Kier alpha value is -2.81. The highest BCUT2D eigenvalue weighted by atomic mass is 16.5. The summed E-state index contributed by atoms with van der Waals surface area (Å²) in [5, 5.41) is 5.43. The molecule has 0 bridgehead atoms. The van der Waals surface area contributed by atoms with E-state index in [-0.39, 0.29) is 5.91 Å². The topological polar surface area (TPSA) is 38.3 Å². The molecule has 1 amide bonds. The SMILES string of the molecule is CCOc1ccc(CNC(=O)CCc2cccc3ccccc23)cc1. The molecular formula is C22H23NO2. The number of carbonyl (C=O) groups is 1. The van der Waals surface area contributed by atoms with E-state index < -0.39 is 0 Å². The van der Waals surface area contributed by atoms with Gasteiger partial charge in [-0.05, 0) is 47.4 Å². The van der Waals surface area contributed by atoms with Gasteiger partial charge in [-0.25, -0.2) is 0 Å². The van der Waals surface area contributed by atoms with Crippen LogP contribution in [0.1, 0.15) is 24.5 Å². The number of hydrogen-bond acceptors (Lipinski definition) is 2. The molecule has 0 atom stereocenters. The zero-order valence-corrected chi connectivity index (χ0v) is 14.5. The quantitative estimate of drug-likeness (QED) is 0.692. The Balaban J connectivity index is 1.52. The van der Waals surface area contributed by atoms with E-state index in [0.717, 1.165) is 17.7 Å². The Kier molecular flexibility index (Phi) is 5.68. The van der Waals surface area contributed by atoms with Crippen LogP contribution in [0.5, 0.6) is 5.75 Å². The van der Waals surface area contributed by atoms with E-state index in [0.29, 0.717) is 19.6 Å². The van der Waals surface area contributed by atoms with Gasteiger partial charge in [-0.2, -0.15) is 0 Å². The molecule has 0 fully saturated rings. The van der Waals surface area contributed by atoms with Crippen molar-refractivity contribution < 1.29 is 9.53 Å². The monoisotopic (exact) mass is 333 g/mol. The van der Waals surface area contributed by atoms with Crippen molar-refractivity contribution in [3.63, 3.8) is 0 Å². The molecule has 0 aromatic heterocycles. The molecule has 0 aliphatic heterocycles. The fraction of sp³-hybridized carbons (Fsp3) is 0.227. The summed E-state index contributed by atoms with van der Waals surface area (Å²) in [4.78, 5) is 12.2. The van der Waals surface area contributed by atoms with Crippen LogP contribution in [0.15, 0.2) is 66.7 Å². The third-order valence-corrected chi connectivity index (χ3v) is 4.23. The number of fused-ring (bicyclic) bond motifs is 1. The predicted molar refractivity (Wildman–Crippen MR) is 102 cm³/mol. The smallest absolute Gasteiger partial charge is 0.220 e. The summed E-state index contributed by atoms with van der Waals surface area (Å²) in [6.07, 6.45) is 1.24. The molecule has 3 rings (SSSR count). The number of nitrogens with one attached hydrogen (secondary N) is 1. The van der Waals surface area contributed by atoms with Crippen molar-refractivity contribution in [2.45, 2.75) is 26.3 Å². The summed E-state index contributed by atoms with van der Waals surface area (Å²) in [6.45, 7) is 3.16. The number of benzene rings is 3. The van der Waals surface area contributed by atoms with Crippen molar-refractivity contribution in [2.24, 2.45) is 0 Å². The molecule has 0 aliphatic carbocycles. The van der Waals surface area contributed by atoms with Gasteiger partial charge in [0.25, 0.3) is 0 Å². The Morgan fingerprint density at radius 1 is 0.960 bits per heavy atom. The zero-order valence-electron chi connectivity index (χ0n) is 14.5. The average Bonchev–Trinajstić information content (AvgIpc) is 2.66. The molecule has 128 valence electrons. The van der Waals surface area contributed by atoms with Gasteiger partial charge < -0.3 is 10.1 Å². The Morgan fingerprint density at radius 2 is 1.72 bits per heavy atom. The van der Waals surface area contributed by atoms with Gasteiger partial charge in [0.05, 0.1) is 6.61 Å². The largest absolute Gasteiger partial charge is 0.494 e. The van der Waals surface area contributed by atoms with E-state index in [1.165, 1.54) is 16.3 Å². The number of amides is 1. The second-order valence-corrected chi connectivity index (χ2v) is 5.99. The molecule has 3 aromatic rings. The Morgan fingerprint density at radius 3 is 2.52 bits per heavy atom. The summed E-state index contributed by atoms with van der Waals surface area (Å²) in [5.74, 6) is 0.926. The van der Waals surface area contributed by atoms with Crippen LogP contribution < -0.4 is 10.1 Å². The first-order chi connectivity index (χ1) is 12.3. The lowest BCUT2D eigenvalue weighted by Gasteiger charge is -2.08. The van der Waals surface area contributed by atoms with Crippen LogP contribution in [-0.2, 0) is 17.8 Å². The van der Waals surface area contributed by atoms with E-state index in [4.69, 9.17) is 4.74 Å². The van der Waals surface area contributed by atoms with Crippen LogP contribution in [0, 0.1) is 0 Å². The fourth-order valence-corrected chi connectivity index (χ4v) is 2.92. The maximum absolute atomic E-state index is 12.2. The molecule has 3 nitrogen and oxygen atoms in total. The molecule has 3 heteroatoms. The molecule has 0 aliphatic rings. The normalized spacial score (nSPS) is 10.6. The van der Waals surface area contributed by atoms with Crippen molar-refractivity contribution in [1.82, 2.24) is 5.32 Å². The van der Waals surface area contributed by atoms with Gasteiger partial charge in [-0.1, -0.05) is 54.6 Å². The van der Waals surface area contributed by atoms with Crippen molar-refractivity contribution in [3.8, 4) is 5.75 Å². The van der Waals surface area contributed by atoms with E-state index in [2.05, 4.69) is 35.6 Å². The zero-order chi connectivity index (χ0) is 17.5. The van der Waals surface area contributed by atoms with E-state index in [9.17, 15) is 4.79 Å². The maximum Gasteiger partial charge on any atom is 0.220 e. The highest BCUT2D eigenvalue weighted by molar-refractivity contribution is 5.86. The summed E-state index contributed by atoms with van der Waals surface area (Å²) >= 11 is 0. The number of carbonyl (C=O) groups excluding carboxylic acids is 1. The summed E-state index contributed by atoms with van der Waals surface area (Å²) < 4.78 is 5.42. The molecule has 0 spiro atoms. The standard InChI is InChI=1S/C22H23NO2/c1-2-25-20-13-10-17(11-14-20)16-23-22(24)15-12-19-8-5-7-18-6-3-4-9-21(18)19/h3-11,13-14H,2,12,15-16H2,1H3,(H,23,24). The molecular weight excluding hydrogens is 310 g/mol. The molecule has 1 N–H and O–H groups in total. The van der Waals surface area contributed by atoms with Gasteiger partial charge in [0.1, 0.15) is 5.75 Å². The van der Waals surface area contributed by atoms with Crippen molar-refractivity contribution >= 4 is 16.7 Å². The molecule has 0 saturated heterocycles. The van der Waals surface area contributed by atoms with Crippen LogP contribution in [0.3, 0.4) is 0 Å². The van der Waals surface area contributed by atoms with Crippen molar-refractivity contribution in [3.05, 3.63) is 77.9 Å². The number of rotatable bonds is 7. The van der Waals surface area contributed by atoms with Gasteiger partial charge in [0.15, 0.2) is 0 Å². The van der Waals surface area contributed by atoms with Gasteiger partial charge >= 0.3 is 0 Å². The minimum atomic E-state index is 0.0711. The fourth-order valence-electron chi connectivity index (χ4n) is 2.92. The predicted octanol–water partition coefficient (Wildman–Crippen LogP) is 4.49. The summed E-state index contributed by atoms with van der Waals surface area (Å²) in [6, 6.07) is 22.4. The third-order valence-electron chi connectivity index (χ3n) is 4.23. The van der Waals surface area contributed by atoms with Crippen molar-refractivity contribution in [1.29, 1.82) is 0 Å². The second kappa shape index (κ2) is 8.34. The molecule has 0 heterocycles. The molecule has 25 heavy (non-hydrogen) atoms. The molecule has 0 radical (unpaired) electrons. The van der Waals surface area contributed by atoms with Crippen LogP contribution in [0.4, 0.5) is 0 Å². The second-order valence-electron chi connectivity index (χ2n) is 5.99. The van der Waals surface area contributed by atoms with E-state index in [1.54, 1.807) is 0 Å². The lowest BCUT2D eigenvalue weighted by Crippen LogP contribution is -2.23. The van der Waals surface area contributed by atoms with E-state index >= 15 is 0 Å². The van der Waals surface area contributed by atoms with Crippen LogP contribution >= 0.6 is 0 Å². The first kappa shape index (κ1) is 17.0. The average molecular weight is 333 g/mol. The Labute approximate surface area is 148 Å². The molecule has 0 saturated carbocycles. The first-order valence-electron chi connectivity index (χ1n) is 8.71. The highest BCUT2D eigenvalue weighted by Crippen LogP contribution is 2.19. The summed E-state index contributed by atoms with van der Waals surface area (Å²) in [5.41, 5.74) is 2.29. The third kappa shape index (κ3) is 4.60. The maximum atomic E-state index is 12.2. The highest BCUT2D eigenvalue weighted by Gasteiger charge is 2.05. The van der Waals surface area contributed by atoms with E-state index in [1.807, 2.05) is 43.3 Å². The number of ether oxygens (including phenoxy) is 1. The van der Waals surface area contributed by atoms with Crippen LogP contribution in [0.25, 0.3) is 10.8 Å². The van der Waals surface area contributed by atoms with Gasteiger partial charge in [-0.3, -0.25) is 4.79 Å². The number of aryl methyl sites for hydroxylation is 1. The minimum Gasteiger partial charge on any atom is -0.494 e. The van der Waals surface area contributed by atoms with Gasteiger partial charge in [0, 0.05) is 13.0 Å². The first-order valence-corrected chi connectivity index (χ1v) is 8.71. The molecule has 3 aromatic carbocycles. The Bertz CT molecular complexity index is 835. The lowest BCUT2D eigenvalue weighted by atomic mass is 10.0. The van der Waals surface area contributed by atoms with Crippen LogP contribution in [0.2, 0.25) is 0 Å². The lowest BCUT2D eigenvalue weighted by molar-refractivity contribution is -0.121. The molecule has 0 unspecified atom stereocenters. The van der Waals surface area contributed by atoms with Crippen molar-refractivity contribution in [2.75, 3.05) is 6.61 Å². The van der Waals surface area contributed by atoms with Gasteiger partial charge in [-0.15, -0.1) is 0 Å². The number of hydrogen-bond donors (Lipinski definition) is 1. The summed E-state index contributed by atoms with van der Waals surface area (Å²) in [7, 11) is 0. The van der Waals surface area contributed by atoms with Gasteiger partial charge in [0.2, 0.25) is 5.91 Å².